The molecule has 1 aliphatic heterocycles. The Morgan fingerprint density at radius 2 is 1.94 bits per heavy atom. The van der Waals surface area contributed by atoms with Gasteiger partial charge in [-0.1, -0.05) is 38.1 Å². The zero-order chi connectivity index (χ0) is 11.6. The molecule has 2 rings (SSSR count). The van der Waals surface area contributed by atoms with Crippen LogP contribution in [0.3, 0.4) is 0 Å². The second kappa shape index (κ2) is 4.54. The largest absolute Gasteiger partial charge is 0.313 e. The molecule has 0 aromatic heterocycles. The molecular weight excluding hydrogens is 201 g/mol. The van der Waals surface area contributed by atoms with Crippen LogP contribution in [-0.4, -0.2) is 13.1 Å². The first kappa shape index (κ1) is 11.6. The molecule has 1 aromatic carbocycles. The van der Waals surface area contributed by atoms with E-state index in [9.17, 15) is 4.39 Å². The predicted octanol–water partition coefficient (Wildman–Crippen LogP) is 3.36. The lowest BCUT2D eigenvalue weighted by atomic mass is 9.87. The Labute approximate surface area is 97.1 Å². The lowest BCUT2D eigenvalue weighted by Crippen LogP contribution is -2.40. The van der Waals surface area contributed by atoms with E-state index in [1.54, 1.807) is 0 Å². The van der Waals surface area contributed by atoms with E-state index in [-0.39, 0.29) is 0 Å². The van der Waals surface area contributed by atoms with Gasteiger partial charge in [0.2, 0.25) is 0 Å². The van der Waals surface area contributed by atoms with Crippen molar-refractivity contribution in [1.29, 1.82) is 0 Å². The fraction of sp³-hybridized carbons (Fsp3) is 0.571. The first-order chi connectivity index (χ1) is 7.62. The summed E-state index contributed by atoms with van der Waals surface area (Å²) in [6, 6.07) is 8.00. The summed E-state index contributed by atoms with van der Waals surface area (Å²) in [5, 5.41) is 3.14. The average Bonchev–Trinajstić information content (AvgIpc) is 2.30. The van der Waals surface area contributed by atoms with Crippen molar-refractivity contribution in [3.05, 3.63) is 35.4 Å². The maximum atomic E-state index is 14.6. The summed E-state index contributed by atoms with van der Waals surface area (Å²) in [7, 11) is 0. The van der Waals surface area contributed by atoms with Crippen LogP contribution in [-0.2, 0) is 5.67 Å². The van der Waals surface area contributed by atoms with Crippen LogP contribution in [0.25, 0.3) is 0 Å². The fourth-order valence-electron chi connectivity index (χ4n) is 2.28. The van der Waals surface area contributed by atoms with Crippen LogP contribution in [0.2, 0.25) is 0 Å². The van der Waals surface area contributed by atoms with Crippen molar-refractivity contribution in [1.82, 2.24) is 5.32 Å². The highest BCUT2D eigenvalue weighted by atomic mass is 19.1. The normalized spacial score (nSPS) is 26.0. The van der Waals surface area contributed by atoms with Crippen LogP contribution < -0.4 is 5.32 Å². The molecule has 1 N–H and O–H groups in total. The molecule has 1 aliphatic rings. The van der Waals surface area contributed by atoms with Gasteiger partial charge in [0, 0.05) is 6.54 Å². The third-order valence-corrected chi connectivity index (χ3v) is 3.43. The molecular formula is C14H20FN. The van der Waals surface area contributed by atoms with Gasteiger partial charge in [-0.05, 0) is 36.4 Å². The topological polar surface area (TPSA) is 12.0 Å². The lowest BCUT2D eigenvalue weighted by Gasteiger charge is -2.30. The molecule has 88 valence electrons. The maximum absolute atomic E-state index is 14.6. The van der Waals surface area contributed by atoms with E-state index < -0.39 is 5.67 Å². The summed E-state index contributed by atoms with van der Waals surface area (Å²) in [5.74, 6) is 0.508. The number of benzene rings is 1. The summed E-state index contributed by atoms with van der Waals surface area (Å²) in [6.07, 6.45) is 1.56. The number of rotatable bonds is 2. The van der Waals surface area contributed by atoms with Crippen molar-refractivity contribution in [2.45, 2.75) is 38.3 Å². The van der Waals surface area contributed by atoms with Crippen LogP contribution in [0, 0.1) is 0 Å². The van der Waals surface area contributed by atoms with Gasteiger partial charge in [-0.3, -0.25) is 0 Å². The minimum Gasteiger partial charge on any atom is -0.313 e. The summed E-state index contributed by atoms with van der Waals surface area (Å²) in [6.45, 7) is 5.70. The molecule has 2 heteroatoms. The smallest absolute Gasteiger partial charge is 0.148 e. The zero-order valence-corrected chi connectivity index (χ0v) is 10.1. The van der Waals surface area contributed by atoms with Crippen LogP contribution >= 0.6 is 0 Å². The second-order valence-corrected chi connectivity index (χ2v) is 5.02. The molecule has 0 bridgehead atoms. The van der Waals surface area contributed by atoms with Gasteiger partial charge in [0.15, 0.2) is 0 Å². The van der Waals surface area contributed by atoms with E-state index in [1.165, 1.54) is 5.56 Å². The Hall–Kier alpha value is -0.890. The number of halogens is 1. The molecule has 1 atom stereocenters. The SMILES string of the molecule is CC(C)c1ccc(C2(F)CCCNC2)cc1. The summed E-state index contributed by atoms with van der Waals surface area (Å²) in [4.78, 5) is 0. The standard InChI is InChI=1S/C14H20FN/c1-11(2)12-4-6-13(7-5-12)14(15)8-3-9-16-10-14/h4-7,11,16H,3,8-10H2,1-2H3. The number of piperidine rings is 1. The zero-order valence-electron chi connectivity index (χ0n) is 10.1. The third kappa shape index (κ3) is 2.27. The van der Waals surface area contributed by atoms with Crippen molar-refractivity contribution in [2.24, 2.45) is 0 Å². The van der Waals surface area contributed by atoms with Gasteiger partial charge in [-0.15, -0.1) is 0 Å². The lowest BCUT2D eigenvalue weighted by molar-refractivity contribution is 0.122. The predicted molar refractivity (Wildman–Crippen MR) is 65.4 cm³/mol. The summed E-state index contributed by atoms with van der Waals surface area (Å²) < 4.78 is 14.6. The minimum atomic E-state index is -1.16. The summed E-state index contributed by atoms with van der Waals surface area (Å²) in [5.41, 5.74) is 0.938. The third-order valence-electron chi connectivity index (χ3n) is 3.43. The van der Waals surface area contributed by atoms with Crippen LogP contribution in [0.4, 0.5) is 4.39 Å². The van der Waals surface area contributed by atoms with Crippen molar-refractivity contribution in [3.63, 3.8) is 0 Å². The quantitative estimate of drug-likeness (QED) is 0.807. The van der Waals surface area contributed by atoms with Gasteiger partial charge in [0.25, 0.3) is 0 Å². The molecule has 0 amide bonds. The molecule has 1 saturated heterocycles. The van der Waals surface area contributed by atoms with Gasteiger partial charge in [0.1, 0.15) is 5.67 Å². The van der Waals surface area contributed by atoms with Crippen LogP contribution in [0.5, 0.6) is 0 Å². The molecule has 16 heavy (non-hydrogen) atoms. The highest BCUT2D eigenvalue weighted by Gasteiger charge is 2.33. The van der Waals surface area contributed by atoms with Crippen molar-refractivity contribution < 1.29 is 4.39 Å². The van der Waals surface area contributed by atoms with Crippen molar-refractivity contribution in [2.75, 3.05) is 13.1 Å². The first-order valence-electron chi connectivity index (χ1n) is 6.12. The molecule has 1 heterocycles. The number of nitrogens with one attached hydrogen (secondary N) is 1. The first-order valence-corrected chi connectivity index (χ1v) is 6.12. The van der Waals surface area contributed by atoms with Gasteiger partial charge >= 0.3 is 0 Å². The highest BCUT2D eigenvalue weighted by Crippen LogP contribution is 2.33. The fourth-order valence-corrected chi connectivity index (χ4v) is 2.28. The number of hydrogen-bond donors (Lipinski definition) is 1. The van der Waals surface area contributed by atoms with Crippen LogP contribution in [0.15, 0.2) is 24.3 Å². The van der Waals surface area contributed by atoms with E-state index >= 15 is 0 Å². The van der Waals surface area contributed by atoms with Gasteiger partial charge < -0.3 is 5.32 Å². The van der Waals surface area contributed by atoms with Crippen LogP contribution in [0.1, 0.15) is 43.7 Å². The number of alkyl halides is 1. The minimum absolute atomic E-state index is 0.452. The van der Waals surface area contributed by atoms with E-state index in [0.29, 0.717) is 18.9 Å². The van der Waals surface area contributed by atoms with Crippen molar-refractivity contribution >= 4 is 0 Å². The Bertz CT molecular complexity index is 336. The second-order valence-electron chi connectivity index (χ2n) is 5.02. The van der Waals surface area contributed by atoms with E-state index in [4.69, 9.17) is 0 Å². The highest BCUT2D eigenvalue weighted by molar-refractivity contribution is 5.29. The molecule has 0 radical (unpaired) electrons. The van der Waals surface area contributed by atoms with E-state index in [1.807, 2.05) is 12.1 Å². The van der Waals surface area contributed by atoms with Gasteiger partial charge in [-0.2, -0.15) is 0 Å². The Kier molecular flexibility index (Phi) is 3.29. The molecule has 0 spiro atoms. The Morgan fingerprint density at radius 1 is 1.25 bits per heavy atom. The summed E-state index contributed by atoms with van der Waals surface area (Å²) >= 11 is 0. The molecule has 0 aliphatic carbocycles. The monoisotopic (exact) mass is 221 g/mol. The average molecular weight is 221 g/mol. The number of hydrogen-bond acceptors (Lipinski definition) is 1. The van der Waals surface area contributed by atoms with E-state index in [0.717, 1.165) is 18.5 Å². The van der Waals surface area contributed by atoms with Crippen molar-refractivity contribution in [3.8, 4) is 0 Å². The Balaban J connectivity index is 2.20. The molecule has 1 fully saturated rings. The van der Waals surface area contributed by atoms with Gasteiger partial charge in [-0.25, -0.2) is 4.39 Å². The molecule has 1 unspecified atom stereocenters. The van der Waals surface area contributed by atoms with E-state index in [2.05, 4.69) is 31.3 Å². The molecule has 1 aromatic rings. The molecule has 1 nitrogen and oxygen atoms in total. The maximum Gasteiger partial charge on any atom is 0.148 e. The molecule has 0 saturated carbocycles. The van der Waals surface area contributed by atoms with Gasteiger partial charge in [0.05, 0.1) is 0 Å². The Morgan fingerprint density at radius 3 is 2.44 bits per heavy atom.